The van der Waals surface area contributed by atoms with E-state index in [1.54, 1.807) is 36.4 Å². The molecule has 0 unspecified atom stereocenters. The summed E-state index contributed by atoms with van der Waals surface area (Å²) in [7, 11) is -3.67. The van der Waals surface area contributed by atoms with Crippen molar-refractivity contribution in [2.45, 2.75) is 4.90 Å². The number of piperazine rings is 1. The summed E-state index contributed by atoms with van der Waals surface area (Å²) < 4.78 is 32.6. The number of nitrogens with zero attached hydrogens (tertiary/aromatic N) is 2. The number of rotatable bonds is 5. The van der Waals surface area contributed by atoms with E-state index in [9.17, 15) is 18.0 Å². The first-order chi connectivity index (χ1) is 15.4. The van der Waals surface area contributed by atoms with E-state index in [1.165, 1.54) is 15.3 Å². The lowest BCUT2D eigenvalue weighted by molar-refractivity contribution is -0.135. The zero-order valence-corrected chi connectivity index (χ0v) is 18.7. The number of esters is 1. The first-order valence-corrected chi connectivity index (χ1v) is 11.9. The van der Waals surface area contributed by atoms with Gasteiger partial charge in [0.2, 0.25) is 10.0 Å². The van der Waals surface area contributed by atoms with Gasteiger partial charge < -0.3 is 9.64 Å². The van der Waals surface area contributed by atoms with E-state index in [1.807, 2.05) is 24.3 Å². The van der Waals surface area contributed by atoms with Crippen LogP contribution in [0.2, 0.25) is 5.02 Å². The minimum Gasteiger partial charge on any atom is -0.452 e. The van der Waals surface area contributed by atoms with Crippen molar-refractivity contribution in [3.05, 3.63) is 77.3 Å². The Morgan fingerprint density at radius 2 is 1.53 bits per heavy atom. The fourth-order valence-corrected chi connectivity index (χ4v) is 5.25. The summed E-state index contributed by atoms with van der Waals surface area (Å²) in [6, 6.07) is 19.0. The van der Waals surface area contributed by atoms with Crippen LogP contribution in [-0.4, -0.2) is 62.3 Å². The highest BCUT2D eigenvalue weighted by molar-refractivity contribution is 7.89. The Bertz CT molecular complexity index is 1270. The Balaban J connectivity index is 1.35. The van der Waals surface area contributed by atoms with Crippen LogP contribution in [0.4, 0.5) is 0 Å². The molecule has 1 aliphatic heterocycles. The lowest BCUT2D eigenvalue weighted by Gasteiger charge is -2.33. The van der Waals surface area contributed by atoms with Crippen LogP contribution >= 0.6 is 11.6 Å². The minimum absolute atomic E-state index is 0.166. The van der Waals surface area contributed by atoms with Crippen molar-refractivity contribution < 1.29 is 22.7 Å². The van der Waals surface area contributed by atoms with Crippen molar-refractivity contribution in [2.75, 3.05) is 32.8 Å². The van der Waals surface area contributed by atoms with Gasteiger partial charge in [-0.3, -0.25) is 4.79 Å². The number of ether oxygens (including phenoxy) is 1. The Morgan fingerprint density at radius 1 is 0.875 bits per heavy atom. The third-order valence-corrected chi connectivity index (χ3v) is 7.59. The highest BCUT2D eigenvalue weighted by atomic mass is 35.5. The van der Waals surface area contributed by atoms with E-state index in [0.29, 0.717) is 0 Å². The van der Waals surface area contributed by atoms with E-state index < -0.39 is 22.6 Å². The highest BCUT2D eigenvalue weighted by Crippen LogP contribution is 2.23. The molecule has 1 saturated heterocycles. The minimum atomic E-state index is -3.67. The molecule has 32 heavy (non-hydrogen) atoms. The van der Waals surface area contributed by atoms with Crippen LogP contribution in [0.25, 0.3) is 10.8 Å². The van der Waals surface area contributed by atoms with Crippen molar-refractivity contribution in [2.24, 2.45) is 0 Å². The van der Waals surface area contributed by atoms with E-state index in [4.69, 9.17) is 16.3 Å². The first kappa shape index (κ1) is 22.3. The molecule has 0 aliphatic carbocycles. The van der Waals surface area contributed by atoms with Crippen molar-refractivity contribution >= 4 is 44.3 Å². The Labute approximate surface area is 191 Å². The number of sulfonamides is 1. The third-order valence-electron chi connectivity index (χ3n) is 5.37. The molecule has 0 aromatic heterocycles. The van der Waals surface area contributed by atoms with Gasteiger partial charge in [0.15, 0.2) is 6.61 Å². The summed E-state index contributed by atoms with van der Waals surface area (Å²) in [6.45, 7) is 0.338. The fraction of sp³-hybridized carbons (Fsp3) is 0.217. The average Bonchev–Trinajstić information content (AvgIpc) is 2.82. The molecule has 0 bridgehead atoms. The molecule has 0 spiro atoms. The number of carbonyl (C=O) groups is 2. The lowest BCUT2D eigenvalue weighted by Crippen LogP contribution is -2.51. The molecule has 0 radical (unpaired) electrons. The Morgan fingerprint density at radius 3 is 2.25 bits per heavy atom. The second kappa shape index (κ2) is 9.28. The third kappa shape index (κ3) is 4.62. The highest BCUT2D eigenvalue weighted by Gasteiger charge is 2.30. The standard InChI is InChI=1S/C23H21ClN2O5S/c24-21-8-4-3-7-20(21)23(28)31-16-22(27)25-11-13-26(14-12-25)32(29,30)19-10-9-17-5-1-2-6-18(17)15-19/h1-10,15H,11-14,16H2. The van der Waals surface area contributed by atoms with Crippen LogP contribution in [0.15, 0.2) is 71.6 Å². The van der Waals surface area contributed by atoms with E-state index in [0.717, 1.165) is 10.8 Å². The van der Waals surface area contributed by atoms with Crippen molar-refractivity contribution in [1.29, 1.82) is 0 Å². The maximum atomic E-state index is 13.1. The summed E-state index contributed by atoms with van der Waals surface area (Å²) in [4.78, 5) is 26.3. The van der Waals surface area contributed by atoms with E-state index in [-0.39, 0.29) is 47.6 Å². The number of hydrogen-bond donors (Lipinski definition) is 0. The molecular formula is C23H21ClN2O5S. The molecule has 3 aromatic rings. The molecule has 0 atom stereocenters. The molecule has 1 amide bonds. The fourth-order valence-electron chi connectivity index (χ4n) is 3.58. The van der Waals surface area contributed by atoms with Crippen molar-refractivity contribution in [3.63, 3.8) is 0 Å². The van der Waals surface area contributed by atoms with Crippen molar-refractivity contribution in [1.82, 2.24) is 9.21 Å². The molecular weight excluding hydrogens is 452 g/mol. The van der Waals surface area contributed by atoms with E-state index >= 15 is 0 Å². The van der Waals surface area contributed by atoms with Gasteiger partial charge in [-0.2, -0.15) is 4.31 Å². The zero-order valence-electron chi connectivity index (χ0n) is 17.1. The molecule has 7 nitrogen and oxygen atoms in total. The van der Waals surface area contributed by atoms with Gasteiger partial charge in [0.25, 0.3) is 5.91 Å². The quantitative estimate of drug-likeness (QED) is 0.532. The van der Waals surface area contributed by atoms with Gasteiger partial charge in [-0.1, -0.05) is 54.1 Å². The van der Waals surface area contributed by atoms with Gasteiger partial charge in [-0.15, -0.1) is 0 Å². The van der Waals surface area contributed by atoms with Crippen LogP contribution in [0.1, 0.15) is 10.4 Å². The number of halogens is 1. The smallest absolute Gasteiger partial charge is 0.340 e. The van der Waals surface area contributed by atoms with Gasteiger partial charge >= 0.3 is 5.97 Å². The number of hydrogen-bond acceptors (Lipinski definition) is 5. The molecule has 0 N–H and O–H groups in total. The summed E-state index contributed by atoms with van der Waals surface area (Å²) >= 11 is 5.97. The first-order valence-electron chi connectivity index (χ1n) is 10.0. The van der Waals surface area contributed by atoms with Crippen LogP contribution in [0, 0.1) is 0 Å². The Hall–Kier alpha value is -2.94. The van der Waals surface area contributed by atoms with Gasteiger partial charge in [-0.25, -0.2) is 13.2 Å². The predicted octanol–water partition coefficient (Wildman–Crippen LogP) is 3.18. The molecule has 1 aliphatic rings. The second-order valence-electron chi connectivity index (χ2n) is 7.35. The maximum Gasteiger partial charge on any atom is 0.340 e. The van der Waals surface area contributed by atoms with Gasteiger partial charge in [0.1, 0.15) is 0 Å². The van der Waals surface area contributed by atoms with Gasteiger partial charge in [0, 0.05) is 26.2 Å². The monoisotopic (exact) mass is 472 g/mol. The number of carbonyl (C=O) groups excluding carboxylic acids is 2. The summed E-state index contributed by atoms with van der Waals surface area (Å²) in [5, 5.41) is 2.06. The molecule has 166 valence electrons. The summed E-state index contributed by atoms with van der Waals surface area (Å²) in [6.07, 6.45) is 0. The molecule has 9 heteroatoms. The largest absolute Gasteiger partial charge is 0.452 e. The molecule has 4 rings (SSSR count). The Kier molecular flexibility index (Phi) is 6.45. The van der Waals surface area contributed by atoms with Crippen LogP contribution in [-0.2, 0) is 19.6 Å². The number of benzene rings is 3. The number of amides is 1. The second-order valence-corrected chi connectivity index (χ2v) is 9.69. The molecule has 1 heterocycles. The maximum absolute atomic E-state index is 13.1. The molecule has 3 aromatic carbocycles. The van der Waals surface area contributed by atoms with Gasteiger partial charge in [0.05, 0.1) is 15.5 Å². The zero-order chi connectivity index (χ0) is 22.7. The summed E-state index contributed by atoms with van der Waals surface area (Å²) in [5.41, 5.74) is 0.188. The van der Waals surface area contributed by atoms with Crippen LogP contribution in [0.5, 0.6) is 0 Å². The SMILES string of the molecule is O=C(OCC(=O)N1CCN(S(=O)(=O)c2ccc3ccccc3c2)CC1)c1ccccc1Cl. The normalized spacial score (nSPS) is 15.0. The lowest BCUT2D eigenvalue weighted by atomic mass is 10.1. The van der Waals surface area contributed by atoms with Crippen LogP contribution in [0.3, 0.4) is 0 Å². The van der Waals surface area contributed by atoms with Crippen LogP contribution < -0.4 is 0 Å². The molecule has 1 fully saturated rings. The average molecular weight is 473 g/mol. The van der Waals surface area contributed by atoms with Crippen molar-refractivity contribution in [3.8, 4) is 0 Å². The predicted molar refractivity (Wildman–Crippen MR) is 121 cm³/mol. The molecule has 0 saturated carbocycles. The topological polar surface area (TPSA) is 84.0 Å². The van der Waals surface area contributed by atoms with E-state index in [2.05, 4.69) is 0 Å². The summed E-state index contributed by atoms with van der Waals surface area (Å²) in [5.74, 6) is -1.06. The number of fused-ring (bicyclic) bond motifs is 1. The van der Waals surface area contributed by atoms with Gasteiger partial charge in [-0.05, 0) is 35.0 Å².